The average Bonchev–Trinajstić information content (AvgIpc) is 1.98. The van der Waals surface area contributed by atoms with Gasteiger partial charge in [-0.15, -0.1) is 0 Å². The first-order chi connectivity index (χ1) is 4.13. The second kappa shape index (κ2) is 2.00. The Morgan fingerprint density at radius 2 is 2.11 bits per heavy atom. The third-order valence-electron chi connectivity index (χ3n) is 1.17. The Bertz CT molecular complexity index is 170. The summed E-state index contributed by atoms with van der Waals surface area (Å²) in [4.78, 5) is 22.5. The number of hydrogen-bond donors (Lipinski definition) is 0. The van der Waals surface area contributed by atoms with Crippen molar-refractivity contribution in [3.63, 3.8) is 0 Å². The van der Waals surface area contributed by atoms with E-state index in [4.69, 9.17) is 0 Å². The molecule has 1 aliphatic rings. The van der Waals surface area contributed by atoms with Crippen LogP contribution in [0.1, 0.15) is 0 Å². The summed E-state index contributed by atoms with van der Waals surface area (Å²) < 4.78 is 1.31. The van der Waals surface area contributed by atoms with E-state index in [0.717, 1.165) is 4.90 Å². The van der Waals surface area contributed by atoms with Gasteiger partial charge in [-0.05, 0) is 0 Å². The first-order valence-corrected chi connectivity index (χ1v) is 3.24. The van der Waals surface area contributed by atoms with E-state index in [1.807, 2.05) is 16.2 Å². The summed E-state index contributed by atoms with van der Waals surface area (Å²) in [6.45, 7) is 0.190. The van der Waals surface area contributed by atoms with Crippen LogP contribution in [-0.2, 0) is 4.79 Å². The molecule has 0 aromatic carbocycles. The van der Waals surface area contributed by atoms with Crippen molar-refractivity contribution in [2.45, 2.75) is 0 Å². The molecule has 0 atom stereocenters. The molecule has 1 rings (SSSR count). The third kappa shape index (κ3) is 0.930. The molecule has 0 bridgehead atoms. The number of urea groups is 1. The van der Waals surface area contributed by atoms with Gasteiger partial charge in [0.05, 0.1) is 0 Å². The van der Waals surface area contributed by atoms with Gasteiger partial charge in [0.1, 0.15) is 0 Å². The number of carbonyl (C=O) groups excluding carboxylic acids is 2. The Labute approximate surface area is 60.8 Å². The average molecular weight is 193 g/mol. The standard InChI is InChI=1S/C4H6N2O2Se/c1-5-3(7)2-6(9)4(5)8/h9H,2H2,1H3. The van der Waals surface area contributed by atoms with Crippen molar-refractivity contribution in [3.05, 3.63) is 0 Å². The van der Waals surface area contributed by atoms with E-state index in [9.17, 15) is 9.59 Å². The minimum atomic E-state index is -0.250. The fourth-order valence-electron chi connectivity index (χ4n) is 0.582. The maximum absolute atomic E-state index is 10.7. The molecule has 9 heavy (non-hydrogen) atoms. The molecular formula is C4H6N2O2Se. The molecule has 0 aromatic rings. The fraction of sp³-hybridized carbons (Fsp3) is 0.500. The second-order valence-corrected chi connectivity index (χ2v) is 2.81. The van der Waals surface area contributed by atoms with Gasteiger partial charge >= 0.3 is 60.2 Å². The molecule has 0 aromatic heterocycles. The van der Waals surface area contributed by atoms with E-state index in [0.29, 0.717) is 0 Å². The molecule has 0 unspecified atom stereocenters. The molecule has 1 fully saturated rings. The molecule has 1 heterocycles. The van der Waals surface area contributed by atoms with Crippen LogP contribution < -0.4 is 0 Å². The van der Waals surface area contributed by atoms with Crippen LogP contribution in [0.25, 0.3) is 0 Å². The Morgan fingerprint density at radius 1 is 1.56 bits per heavy atom. The summed E-state index contributed by atoms with van der Waals surface area (Å²) in [5, 5.41) is 0. The summed E-state index contributed by atoms with van der Waals surface area (Å²) in [5.74, 6) is -0.152. The van der Waals surface area contributed by atoms with E-state index in [1.54, 1.807) is 0 Å². The topological polar surface area (TPSA) is 40.6 Å². The van der Waals surface area contributed by atoms with Gasteiger partial charge in [0.25, 0.3) is 0 Å². The van der Waals surface area contributed by atoms with Crippen molar-refractivity contribution >= 4 is 28.2 Å². The van der Waals surface area contributed by atoms with Gasteiger partial charge in [-0.1, -0.05) is 0 Å². The van der Waals surface area contributed by atoms with Crippen LogP contribution in [0.15, 0.2) is 0 Å². The van der Waals surface area contributed by atoms with Crippen LogP contribution in [0.2, 0.25) is 0 Å². The molecule has 0 radical (unpaired) electrons. The molecule has 1 aliphatic heterocycles. The molecular weight excluding hydrogens is 187 g/mol. The van der Waals surface area contributed by atoms with Gasteiger partial charge in [0.15, 0.2) is 0 Å². The summed E-state index contributed by atoms with van der Waals surface area (Å²) in [6.07, 6.45) is 0. The minimum absolute atomic E-state index is 0.152. The van der Waals surface area contributed by atoms with E-state index < -0.39 is 0 Å². The zero-order valence-corrected chi connectivity index (χ0v) is 6.74. The number of amides is 3. The van der Waals surface area contributed by atoms with Gasteiger partial charge in [0.2, 0.25) is 0 Å². The summed E-state index contributed by atoms with van der Waals surface area (Å²) in [5.41, 5.74) is 0. The van der Waals surface area contributed by atoms with Gasteiger partial charge in [-0.2, -0.15) is 0 Å². The van der Waals surface area contributed by atoms with Crippen LogP contribution >= 0.6 is 0 Å². The molecule has 50 valence electrons. The SMILES string of the molecule is CN1C(=O)CN([SeH])C1=O. The summed E-state index contributed by atoms with van der Waals surface area (Å²) in [7, 11) is 1.47. The van der Waals surface area contributed by atoms with Crippen molar-refractivity contribution in [2.24, 2.45) is 0 Å². The molecule has 0 aliphatic carbocycles. The van der Waals surface area contributed by atoms with E-state index in [1.165, 1.54) is 11.0 Å². The second-order valence-electron chi connectivity index (χ2n) is 1.79. The van der Waals surface area contributed by atoms with Gasteiger partial charge < -0.3 is 0 Å². The van der Waals surface area contributed by atoms with E-state index in [2.05, 4.69) is 0 Å². The fourth-order valence-corrected chi connectivity index (χ4v) is 1.12. The first-order valence-electron chi connectivity index (χ1n) is 2.40. The predicted octanol–water partition coefficient (Wildman–Crippen LogP) is -1.30. The zero-order valence-electron chi connectivity index (χ0n) is 4.87. The maximum atomic E-state index is 10.7. The normalized spacial score (nSPS) is 19.8. The van der Waals surface area contributed by atoms with Crippen molar-refractivity contribution in [1.29, 1.82) is 0 Å². The van der Waals surface area contributed by atoms with Crippen molar-refractivity contribution in [2.75, 3.05) is 13.6 Å². The number of likely N-dealkylation sites (N-methyl/N-ethyl adjacent to an activating group) is 1. The predicted molar refractivity (Wildman–Crippen MR) is 32.0 cm³/mol. The molecule has 0 N–H and O–H groups in total. The Morgan fingerprint density at radius 3 is 2.22 bits per heavy atom. The van der Waals surface area contributed by atoms with Crippen LogP contribution in [0.4, 0.5) is 4.79 Å². The summed E-state index contributed by atoms with van der Waals surface area (Å²) in [6, 6.07) is -0.250. The number of imide groups is 1. The molecule has 5 heteroatoms. The molecule has 0 spiro atoms. The Hall–Kier alpha value is -0.541. The van der Waals surface area contributed by atoms with Crippen LogP contribution in [0.3, 0.4) is 0 Å². The van der Waals surface area contributed by atoms with Gasteiger partial charge in [0, 0.05) is 0 Å². The number of rotatable bonds is 0. The van der Waals surface area contributed by atoms with E-state index in [-0.39, 0.29) is 18.5 Å². The third-order valence-corrected chi connectivity index (χ3v) is 1.82. The molecule has 1 saturated heterocycles. The monoisotopic (exact) mass is 194 g/mol. The number of carbonyl (C=O) groups is 2. The molecule has 3 amide bonds. The first kappa shape index (κ1) is 6.58. The van der Waals surface area contributed by atoms with Crippen molar-refractivity contribution in [3.8, 4) is 0 Å². The van der Waals surface area contributed by atoms with Gasteiger partial charge in [-0.3, -0.25) is 0 Å². The van der Waals surface area contributed by atoms with Crippen LogP contribution in [0.5, 0.6) is 0 Å². The molecule has 4 nitrogen and oxygen atoms in total. The Balaban J connectivity index is 2.77. The van der Waals surface area contributed by atoms with Crippen LogP contribution in [0, 0.1) is 0 Å². The van der Waals surface area contributed by atoms with Crippen LogP contribution in [-0.4, -0.2) is 50.6 Å². The van der Waals surface area contributed by atoms with Crippen molar-refractivity contribution < 1.29 is 9.59 Å². The Kier molecular flexibility index (Phi) is 1.47. The zero-order chi connectivity index (χ0) is 7.02. The van der Waals surface area contributed by atoms with Gasteiger partial charge in [-0.25, -0.2) is 0 Å². The number of hydrogen-bond acceptors (Lipinski definition) is 2. The van der Waals surface area contributed by atoms with E-state index >= 15 is 0 Å². The molecule has 0 saturated carbocycles. The van der Waals surface area contributed by atoms with Crippen molar-refractivity contribution in [1.82, 2.24) is 8.82 Å². The quantitative estimate of drug-likeness (QED) is 0.354. The number of nitrogens with zero attached hydrogens (tertiary/aromatic N) is 2. The summed E-state index contributed by atoms with van der Waals surface area (Å²) >= 11 is 2.04.